The number of hydrogen-bond donors (Lipinski definition) is 2. The quantitative estimate of drug-likeness (QED) is 0.349. The summed E-state index contributed by atoms with van der Waals surface area (Å²) in [6.45, 7) is -0.239. The average molecular weight is 450 g/mol. The van der Waals surface area contributed by atoms with Crippen molar-refractivity contribution in [2.24, 2.45) is 0 Å². The third-order valence-electron chi connectivity index (χ3n) is 4.90. The van der Waals surface area contributed by atoms with Gasteiger partial charge in [-0.25, -0.2) is 4.98 Å². The van der Waals surface area contributed by atoms with E-state index in [1.54, 1.807) is 62.9 Å². The lowest BCUT2D eigenvalue weighted by Crippen LogP contribution is -2.05. The number of carbonyl (C=O) groups excluding carboxylic acids is 1. The SMILES string of the molecule is COc1ccc(/C=C/C(=O)c2cccnc2Nc2cc(CO)c(OC)c(OC)c2)cc1OC. The summed E-state index contributed by atoms with van der Waals surface area (Å²) in [4.78, 5) is 17.3. The van der Waals surface area contributed by atoms with E-state index >= 15 is 0 Å². The highest BCUT2D eigenvalue weighted by molar-refractivity contribution is 6.10. The molecular formula is C25H26N2O6. The molecule has 1 aromatic heterocycles. The number of aliphatic hydroxyl groups excluding tert-OH is 1. The van der Waals surface area contributed by atoms with Crippen LogP contribution in [0.2, 0.25) is 0 Å². The number of aliphatic hydroxyl groups is 1. The van der Waals surface area contributed by atoms with Crippen LogP contribution in [-0.4, -0.2) is 44.3 Å². The first kappa shape index (κ1) is 23.6. The third kappa shape index (κ3) is 5.42. The molecule has 0 atom stereocenters. The van der Waals surface area contributed by atoms with Crippen LogP contribution in [0.4, 0.5) is 11.5 Å². The van der Waals surface area contributed by atoms with Crippen molar-refractivity contribution in [3.63, 3.8) is 0 Å². The lowest BCUT2D eigenvalue weighted by molar-refractivity contribution is 0.104. The number of ether oxygens (including phenoxy) is 4. The van der Waals surface area contributed by atoms with Gasteiger partial charge in [-0.1, -0.05) is 12.1 Å². The molecule has 0 radical (unpaired) electrons. The molecule has 0 saturated carbocycles. The number of anilines is 2. The zero-order valence-corrected chi connectivity index (χ0v) is 18.9. The van der Waals surface area contributed by atoms with Crippen molar-refractivity contribution in [2.75, 3.05) is 33.8 Å². The molecule has 33 heavy (non-hydrogen) atoms. The second-order valence-corrected chi connectivity index (χ2v) is 6.87. The topological polar surface area (TPSA) is 99.1 Å². The number of rotatable bonds is 10. The van der Waals surface area contributed by atoms with Crippen LogP contribution in [0.1, 0.15) is 21.5 Å². The number of allylic oxidation sites excluding steroid dienone is 1. The van der Waals surface area contributed by atoms with Crippen molar-refractivity contribution < 1.29 is 28.8 Å². The van der Waals surface area contributed by atoms with Crippen LogP contribution < -0.4 is 24.3 Å². The Morgan fingerprint density at radius 1 is 0.970 bits per heavy atom. The molecule has 3 rings (SSSR count). The molecule has 0 aliphatic carbocycles. The summed E-state index contributed by atoms with van der Waals surface area (Å²) in [5, 5.41) is 12.8. The lowest BCUT2D eigenvalue weighted by atomic mass is 10.1. The van der Waals surface area contributed by atoms with E-state index in [9.17, 15) is 9.90 Å². The summed E-state index contributed by atoms with van der Waals surface area (Å²) in [5.41, 5.74) is 2.30. The molecule has 0 spiro atoms. The molecule has 3 aromatic rings. The van der Waals surface area contributed by atoms with Crippen molar-refractivity contribution in [1.29, 1.82) is 0 Å². The Bertz CT molecular complexity index is 1130. The number of aromatic nitrogens is 1. The summed E-state index contributed by atoms with van der Waals surface area (Å²) in [6.07, 6.45) is 4.75. The Hall–Kier alpha value is -4.04. The van der Waals surface area contributed by atoms with Crippen LogP contribution in [0.5, 0.6) is 23.0 Å². The smallest absolute Gasteiger partial charge is 0.189 e. The van der Waals surface area contributed by atoms with Crippen molar-refractivity contribution in [2.45, 2.75) is 6.61 Å². The largest absolute Gasteiger partial charge is 0.493 e. The number of nitrogens with one attached hydrogen (secondary N) is 1. The molecule has 0 unspecified atom stereocenters. The van der Waals surface area contributed by atoms with Crippen LogP contribution in [0.25, 0.3) is 6.08 Å². The van der Waals surface area contributed by atoms with Gasteiger partial charge in [-0.3, -0.25) is 4.79 Å². The lowest BCUT2D eigenvalue weighted by Gasteiger charge is -2.15. The van der Waals surface area contributed by atoms with Crippen LogP contribution in [-0.2, 0) is 6.61 Å². The van der Waals surface area contributed by atoms with Crippen LogP contribution >= 0.6 is 0 Å². The number of nitrogens with zero attached hydrogens (tertiary/aromatic N) is 1. The number of pyridine rings is 1. The van der Waals surface area contributed by atoms with Gasteiger partial charge in [0, 0.05) is 23.5 Å². The standard InChI is InChI=1S/C25H26N2O6/c1-30-21-10-8-16(12-22(21)31-2)7-9-20(29)19-6-5-11-26-25(19)27-18-13-17(15-28)24(33-4)23(14-18)32-3/h5-14,28H,15H2,1-4H3,(H,26,27)/b9-7+. The first-order valence-corrected chi connectivity index (χ1v) is 10.1. The summed E-state index contributed by atoms with van der Waals surface area (Å²) in [5.74, 6) is 2.21. The molecule has 0 saturated heterocycles. The third-order valence-corrected chi connectivity index (χ3v) is 4.90. The Balaban J connectivity index is 1.88. The van der Waals surface area contributed by atoms with E-state index in [0.717, 1.165) is 5.56 Å². The van der Waals surface area contributed by atoms with Crippen LogP contribution in [0.3, 0.4) is 0 Å². The van der Waals surface area contributed by atoms with E-state index in [-0.39, 0.29) is 12.4 Å². The highest BCUT2D eigenvalue weighted by Crippen LogP contribution is 2.36. The van der Waals surface area contributed by atoms with Gasteiger partial charge in [-0.2, -0.15) is 0 Å². The molecular weight excluding hydrogens is 424 g/mol. The molecule has 172 valence electrons. The first-order chi connectivity index (χ1) is 16.0. The van der Waals surface area contributed by atoms with Gasteiger partial charge in [0.15, 0.2) is 28.8 Å². The Kier molecular flexibility index (Phi) is 7.88. The van der Waals surface area contributed by atoms with Gasteiger partial charge in [0.1, 0.15) is 5.82 Å². The molecule has 0 aliphatic heterocycles. The molecule has 0 fully saturated rings. The normalized spacial score (nSPS) is 10.7. The van der Waals surface area contributed by atoms with Gasteiger partial charge in [-0.15, -0.1) is 0 Å². The predicted octanol–water partition coefficient (Wildman–Crippen LogP) is 4.25. The molecule has 0 amide bonds. The molecule has 8 nitrogen and oxygen atoms in total. The van der Waals surface area contributed by atoms with Gasteiger partial charge in [-0.05, 0) is 42.0 Å². The summed E-state index contributed by atoms with van der Waals surface area (Å²) in [7, 11) is 6.14. The number of methoxy groups -OCH3 is 4. The van der Waals surface area contributed by atoms with E-state index in [4.69, 9.17) is 18.9 Å². The fraction of sp³-hybridized carbons (Fsp3) is 0.200. The fourth-order valence-corrected chi connectivity index (χ4v) is 3.29. The van der Waals surface area contributed by atoms with Gasteiger partial charge in [0.25, 0.3) is 0 Å². The second kappa shape index (κ2) is 11.0. The van der Waals surface area contributed by atoms with E-state index in [2.05, 4.69) is 10.3 Å². The maximum absolute atomic E-state index is 12.9. The molecule has 0 bridgehead atoms. The monoisotopic (exact) mass is 450 g/mol. The summed E-state index contributed by atoms with van der Waals surface area (Å²) >= 11 is 0. The number of carbonyl (C=O) groups is 1. The summed E-state index contributed by atoms with van der Waals surface area (Å²) in [6, 6.07) is 12.2. The van der Waals surface area contributed by atoms with Gasteiger partial charge in [0.05, 0.1) is 40.6 Å². The summed E-state index contributed by atoms with van der Waals surface area (Å²) < 4.78 is 21.2. The maximum Gasteiger partial charge on any atom is 0.189 e. The molecule has 2 N–H and O–H groups in total. The first-order valence-electron chi connectivity index (χ1n) is 10.1. The zero-order valence-electron chi connectivity index (χ0n) is 18.9. The Morgan fingerprint density at radius 2 is 1.73 bits per heavy atom. The number of hydrogen-bond acceptors (Lipinski definition) is 8. The van der Waals surface area contributed by atoms with E-state index in [1.165, 1.54) is 20.3 Å². The van der Waals surface area contributed by atoms with Crippen molar-refractivity contribution in [3.8, 4) is 23.0 Å². The van der Waals surface area contributed by atoms with Crippen molar-refractivity contribution in [1.82, 2.24) is 4.98 Å². The minimum atomic E-state index is -0.239. The maximum atomic E-state index is 12.9. The average Bonchev–Trinajstić information content (AvgIpc) is 2.86. The zero-order chi connectivity index (χ0) is 23.8. The molecule has 0 aliphatic rings. The molecule has 2 aromatic carbocycles. The molecule has 8 heteroatoms. The number of ketones is 1. The van der Waals surface area contributed by atoms with E-state index < -0.39 is 0 Å². The van der Waals surface area contributed by atoms with Crippen molar-refractivity contribution >= 4 is 23.4 Å². The van der Waals surface area contributed by atoms with Gasteiger partial charge in [0.2, 0.25) is 0 Å². The number of benzene rings is 2. The van der Waals surface area contributed by atoms with Crippen molar-refractivity contribution in [3.05, 3.63) is 71.4 Å². The van der Waals surface area contributed by atoms with Gasteiger partial charge >= 0.3 is 0 Å². The van der Waals surface area contributed by atoms with E-state index in [1.807, 2.05) is 6.07 Å². The fourth-order valence-electron chi connectivity index (χ4n) is 3.29. The van der Waals surface area contributed by atoms with Crippen LogP contribution in [0.15, 0.2) is 54.7 Å². The Morgan fingerprint density at radius 3 is 2.39 bits per heavy atom. The molecule has 1 heterocycles. The van der Waals surface area contributed by atoms with Crippen LogP contribution in [0, 0.1) is 0 Å². The highest BCUT2D eigenvalue weighted by atomic mass is 16.5. The Labute approximate surface area is 192 Å². The highest BCUT2D eigenvalue weighted by Gasteiger charge is 2.15. The van der Waals surface area contributed by atoms with E-state index in [0.29, 0.717) is 45.6 Å². The van der Waals surface area contributed by atoms with Gasteiger partial charge < -0.3 is 29.4 Å². The minimum Gasteiger partial charge on any atom is -0.493 e. The predicted molar refractivity (Wildman–Crippen MR) is 126 cm³/mol. The second-order valence-electron chi connectivity index (χ2n) is 6.87. The minimum absolute atomic E-state index is 0.233.